The molecule has 0 bridgehead atoms. The zero-order chi connectivity index (χ0) is 19.3. The highest BCUT2D eigenvalue weighted by Crippen LogP contribution is 2.29. The molecule has 4 nitrogen and oxygen atoms in total. The molecular weight excluding hydrogens is 370 g/mol. The first kappa shape index (κ1) is 19.3. The Bertz CT molecular complexity index is 877. The second-order valence-electron chi connectivity index (χ2n) is 8.00. The van der Waals surface area contributed by atoms with Gasteiger partial charge in [-0.15, -0.1) is 0 Å². The number of allylic oxidation sites excluding steroid dienone is 4. The molecule has 1 aliphatic carbocycles. The summed E-state index contributed by atoms with van der Waals surface area (Å²) >= 11 is 6.01. The van der Waals surface area contributed by atoms with Crippen LogP contribution >= 0.6 is 11.6 Å². The normalized spacial score (nSPS) is 21.0. The fourth-order valence-electron chi connectivity index (χ4n) is 4.31. The lowest BCUT2D eigenvalue weighted by Gasteiger charge is -2.33. The molecule has 1 atom stereocenters. The molecule has 1 amide bonds. The van der Waals surface area contributed by atoms with Gasteiger partial charge in [0.1, 0.15) is 0 Å². The predicted molar refractivity (Wildman–Crippen MR) is 116 cm³/mol. The van der Waals surface area contributed by atoms with Gasteiger partial charge in [0.25, 0.3) is 5.91 Å². The van der Waals surface area contributed by atoms with Crippen LogP contribution in [0.5, 0.6) is 0 Å². The molecule has 2 aromatic rings. The molecule has 1 saturated heterocycles. The van der Waals surface area contributed by atoms with Gasteiger partial charge in [-0.1, -0.05) is 23.8 Å². The number of carbonyl (C=O) groups is 1. The number of fused-ring (bicyclic) bond motifs is 1. The number of likely N-dealkylation sites (tertiary alicyclic amines) is 1. The number of nitrogens with one attached hydrogen (secondary N) is 2. The van der Waals surface area contributed by atoms with E-state index in [1.807, 2.05) is 36.5 Å². The van der Waals surface area contributed by atoms with Crippen molar-refractivity contribution in [3.05, 3.63) is 59.3 Å². The molecule has 2 aliphatic rings. The van der Waals surface area contributed by atoms with Gasteiger partial charge < -0.3 is 15.2 Å². The van der Waals surface area contributed by atoms with Gasteiger partial charge in [-0.05, 0) is 81.0 Å². The van der Waals surface area contributed by atoms with E-state index in [1.54, 1.807) is 0 Å². The van der Waals surface area contributed by atoms with E-state index in [0.29, 0.717) is 12.5 Å². The Balaban J connectivity index is 1.16. The van der Waals surface area contributed by atoms with E-state index in [2.05, 4.69) is 27.4 Å². The van der Waals surface area contributed by atoms with Crippen LogP contribution in [0.4, 0.5) is 0 Å². The third-order valence-electron chi connectivity index (χ3n) is 6.02. The number of aromatic amines is 1. The average Bonchev–Trinajstić information content (AvgIpc) is 3.19. The number of benzene rings is 1. The number of aromatic nitrogens is 1. The van der Waals surface area contributed by atoms with Crippen molar-refractivity contribution >= 4 is 28.4 Å². The number of hydrogen-bond acceptors (Lipinski definition) is 2. The summed E-state index contributed by atoms with van der Waals surface area (Å²) in [4.78, 5) is 18.0. The number of halogens is 1. The van der Waals surface area contributed by atoms with Gasteiger partial charge in [0.05, 0.1) is 0 Å². The lowest BCUT2D eigenvalue weighted by Crippen LogP contribution is -2.39. The van der Waals surface area contributed by atoms with Crippen molar-refractivity contribution in [1.82, 2.24) is 15.2 Å². The molecule has 1 aromatic carbocycles. The SMILES string of the molecule is O=C(NCCN1CCC(CC2C=CC(Cl)=CC2)CC1)c1ccc2[nH]ccc2c1. The lowest BCUT2D eigenvalue weighted by molar-refractivity contribution is 0.0943. The lowest BCUT2D eigenvalue weighted by atomic mass is 9.84. The zero-order valence-electron chi connectivity index (χ0n) is 16.2. The summed E-state index contributed by atoms with van der Waals surface area (Å²) in [5.41, 5.74) is 1.78. The van der Waals surface area contributed by atoms with E-state index >= 15 is 0 Å². The number of carbonyl (C=O) groups excluding carboxylic acids is 1. The van der Waals surface area contributed by atoms with Gasteiger partial charge >= 0.3 is 0 Å². The van der Waals surface area contributed by atoms with Gasteiger partial charge in [-0.2, -0.15) is 0 Å². The first-order valence-corrected chi connectivity index (χ1v) is 10.7. The van der Waals surface area contributed by atoms with Crippen LogP contribution < -0.4 is 5.32 Å². The van der Waals surface area contributed by atoms with Crippen molar-refractivity contribution in [3.8, 4) is 0 Å². The number of nitrogens with zero attached hydrogens (tertiary/aromatic N) is 1. The molecule has 0 saturated carbocycles. The van der Waals surface area contributed by atoms with E-state index in [1.165, 1.54) is 19.3 Å². The maximum absolute atomic E-state index is 12.4. The summed E-state index contributed by atoms with van der Waals surface area (Å²) in [5, 5.41) is 5.01. The van der Waals surface area contributed by atoms with E-state index in [9.17, 15) is 4.79 Å². The molecule has 1 unspecified atom stereocenters. The van der Waals surface area contributed by atoms with Crippen LogP contribution in [0.15, 0.2) is 53.7 Å². The van der Waals surface area contributed by atoms with Gasteiger partial charge in [0.15, 0.2) is 0 Å². The molecular formula is C23H28ClN3O. The molecule has 28 heavy (non-hydrogen) atoms. The first-order valence-electron chi connectivity index (χ1n) is 10.3. The molecule has 4 rings (SSSR count). The van der Waals surface area contributed by atoms with E-state index < -0.39 is 0 Å². The number of hydrogen-bond donors (Lipinski definition) is 2. The summed E-state index contributed by atoms with van der Waals surface area (Å²) in [6.07, 6.45) is 13.2. The fraction of sp³-hybridized carbons (Fsp3) is 0.435. The minimum atomic E-state index is 0.00814. The largest absolute Gasteiger partial charge is 0.361 e. The third-order valence-corrected chi connectivity index (χ3v) is 6.30. The average molecular weight is 398 g/mol. The van der Waals surface area contributed by atoms with Gasteiger partial charge in [-0.25, -0.2) is 0 Å². The minimum absolute atomic E-state index is 0.00814. The number of rotatable bonds is 6. The molecule has 1 aromatic heterocycles. The topological polar surface area (TPSA) is 48.1 Å². The highest BCUT2D eigenvalue weighted by Gasteiger charge is 2.22. The molecule has 5 heteroatoms. The molecule has 2 N–H and O–H groups in total. The Hall–Kier alpha value is -2.04. The number of amides is 1. The maximum Gasteiger partial charge on any atom is 0.251 e. The monoisotopic (exact) mass is 397 g/mol. The summed E-state index contributed by atoms with van der Waals surface area (Å²) in [5.74, 6) is 1.46. The fourth-order valence-corrected chi connectivity index (χ4v) is 4.47. The summed E-state index contributed by atoms with van der Waals surface area (Å²) < 4.78 is 0. The Morgan fingerprint density at radius 3 is 2.89 bits per heavy atom. The summed E-state index contributed by atoms with van der Waals surface area (Å²) in [6, 6.07) is 7.76. The molecule has 1 fully saturated rings. The zero-order valence-corrected chi connectivity index (χ0v) is 16.9. The second-order valence-corrected chi connectivity index (χ2v) is 8.44. The van der Waals surface area contributed by atoms with E-state index in [4.69, 9.17) is 11.6 Å². The van der Waals surface area contributed by atoms with Crippen molar-refractivity contribution in [2.75, 3.05) is 26.2 Å². The summed E-state index contributed by atoms with van der Waals surface area (Å²) in [7, 11) is 0. The summed E-state index contributed by atoms with van der Waals surface area (Å²) in [6.45, 7) is 3.88. The van der Waals surface area contributed by atoms with Gasteiger partial charge in [0, 0.05) is 40.8 Å². The van der Waals surface area contributed by atoms with Crippen LogP contribution in [0.2, 0.25) is 0 Å². The minimum Gasteiger partial charge on any atom is -0.361 e. The highest BCUT2D eigenvalue weighted by atomic mass is 35.5. The van der Waals surface area contributed by atoms with Gasteiger partial charge in [-0.3, -0.25) is 4.79 Å². The van der Waals surface area contributed by atoms with E-state index in [-0.39, 0.29) is 5.91 Å². The maximum atomic E-state index is 12.4. The smallest absolute Gasteiger partial charge is 0.251 e. The van der Waals surface area contributed by atoms with Crippen molar-refractivity contribution < 1.29 is 4.79 Å². The molecule has 0 spiro atoms. The molecule has 1 aliphatic heterocycles. The highest BCUT2D eigenvalue weighted by molar-refractivity contribution is 6.31. The quantitative estimate of drug-likeness (QED) is 0.742. The van der Waals surface area contributed by atoms with Crippen LogP contribution in [0.25, 0.3) is 10.9 Å². The van der Waals surface area contributed by atoms with Crippen LogP contribution in [0.1, 0.15) is 36.0 Å². The predicted octanol–water partition coefficient (Wildman–Crippen LogP) is 4.70. The Morgan fingerprint density at radius 1 is 1.25 bits per heavy atom. The van der Waals surface area contributed by atoms with Crippen molar-refractivity contribution in [1.29, 1.82) is 0 Å². The van der Waals surface area contributed by atoms with Crippen molar-refractivity contribution in [3.63, 3.8) is 0 Å². The van der Waals surface area contributed by atoms with Crippen molar-refractivity contribution in [2.24, 2.45) is 11.8 Å². The first-order chi connectivity index (χ1) is 13.7. The third kappa shape index (κ3) is 4.86. The van der Waals surface area contributed by atoms with Crippen LogP contribution in [0.3, 0.4) is 0 Å². The molecule has 0 radical (unpaired) electrons. The van der Waals surface area contributed by atoms with Crippen LogP contribution in [-0.4, -0.2) is 42.0 Å². The number of H-pyrrole nitrogens is 1. The Morgan fingerprint density at radius 2 is 2.11 bits per heavy atom. The second kappa shape index (κ2) is 8.97. The Labute approximate surface area is 171 Å². The van der Waals surface area contributed by atoms with Crippen LogP contribution in [-0.2, 0) is 0 Å². The standard InChI is InChI=1S/C23H28ClN3O/c24-21-4-1-17(2-5-21)15-18-8-12-27(13-9-18)14-11-26-23(28)20-3-6-22-19(16-20)7-10-25-22/h1,3-7,10,16-18,25H,2,8-9,11-15H2,(H,26,28). The van der Waals surface area contributed by atoms with E-state index in [0.717, 1.165) is 53.5 Å². The van der Waals surface area contributed by atoms with Crippen molar-refractivity contribution in [2.45, 2.75) is 25.7 Å². The molecule has 2 heterocycles. The van der Waals surface area contributed by atoms with Gasteiger partial charge in [0.2, 0.25) is 0 Å². The number of piperidine rings is 1. The molecule has 148 valence electrons. The van der Waals surface area contributed by atoms with Crippen LogP contribution in [0, 0.1) is 11.8 Å². The Kier molecular flexibility index (Phi) is 6.18.